The van der Waals surface area contributed by atoms with E-state index >= 15 is 0 Å². The van der Waals surface area contributed by atoms with Crippen LogP contribution in [0.4, 0.5) is 4.39 Å². The molecular weight excluding hydrogens is 211 g/mol. The molecule has 0 spiro atoms. The van der Waals surface area contributed by atoms with Crippen LogP contribution in [0.5, 0.6) is 5.75 Å². The van der Waals surface area contributed by atoms with E-state index < -0.39 is 5.82 Å². The molecule has 88 valence electrons. The zero-order valence-corrected chi connectivity index (χ0v) is 9.29. The molecule has 1 rings (SSSR count). The maximum atomic E-state index is 13.1. The summed E-state index contributed by atoms with van der Waals surface area (Å²) in [5, 5.41) is 2.63. The SMILES string of the molecule is COc1cc(C(=O)NCC(C)N)ccc1F. The van der Waals surface area contributed by atoms with E-state index in [1.807, 2.05) is 0 Å². The summed E-state index contributed by atoms with van der Waals surface area (Å²) in [6, 6.07) is 3.83. The number of halogens is 1. The first kappa shape index (κ1) is 12.4. The third-order valence-electron chi connectivity index (χ3n) is 2.00. The molecule has 1 unspecified atom stereocenters. The highest BCUT2D eigenvalue weighted by Gasteiger charge is 2.09. The Balaban J connectivity index is 2.76. The van der Waals surface area contributed by atoms with Gasteiger partial charge in [-0.1, -0.05) is 0 Å². The van der Waals surface area contributed by atoms with E-state index in [1.54, 1.807) is 6.92 Å². The van der Waals surface area contributed by atoms with Crippen molar-refractivity contribution in [1.29, 1.82) is 0 Å². The number of carbonyl (C=O) groups excluding carboxylic acids is 1. The molecule has 3 N–H and O–H groups in total. The minimum atomic E-state index is -0.494. The molecule has 5 heteroatoms. The summed E-state index contributed by atoms with van der Waals surface area (Å²) in [6.45, 7) is 2.16. The number of ether oxygens (including phenoxy) is 1. The number of nitrogens with two attached hydrogens (primary N) is 1. The van der Waals surface area contributed by atoms with Crippen LogP contribution in [0, 0.1) is 5.82 Å². The van der Waals surface area contributed by atoms with Gasteiger partial charge >= 0.3 is 0 Å². The fourth-order valence-electron chi connectivity index (χ4n) is 1.16. The molecule has 4 nitrogen and oxygen atoms in total. The quantitative estimate of drug-likeness (QED) is 0.802. The first-order chi connectivity index (χ1) is 7.54. The van der Waals surface area contributed by atoms with Gasteiger partial charge < -0.3 is 15.8 Å². The Morgan fingerprint density at radius 3 is 2.88 bits per heavy atom. The monoisotopic (exact) mass is 226 g/mol. The third-order valence-corrected chi connectivity index (χ3v) is 2.00. The Morgan fingerprint density at radius 2 is 2.31 bits per heavy atom. The Hall–Kier alpha value is -1.62. The van der Waals surface area contributed by atoms with Crippen molar-refractivity contribution in [2.24, 2.45) is 5.73 Å². The molecule has 0 aliphatic rings. The van der Waals surface area contributed by atoms with Crippen LogP contribution in [-0.2, 0) is 0 Å². The molecule has 0 saturated heterocycles. The van der Waals surface area contributed by atoms with Gasteiger partial charge in [-0.15, -0.1) is 0 Å². The van der Waals surface area contributed by atoms with Crippen LogP contribution in [0.1, 0.15) is 17.3 Å². The molecule has 0 bridgehead atoms. The van der Waals surface area contributed by atoms with Gasteiger partial charge in [-0.25, -0.2) is 4.39 Å². The summed E-state index contributed by atoms with van der Waals surface area (Å²) in [7, 11) is 1.35. The second kappa shape index (κ2) is 5.46. The van der Waals surface area contributed by atoms with Gasteiger partial charge in [0.05, 0.1) is 7.11 Å². The van der Waals surface area contributed by atoms with Crippen LogP contribution in [0.15, 0.2) is 18.2 Å². The van der Waals surface area contributed by atoms with Gasteiger partial charge in [-0.05, 0) is 25.1 Å². The summed E-state index contributed by atoms with van der Waals surface area (Å²) >= 11 is 0. The molecule has 0 fully saturated rings. The highest BCUT2D eigenvalue weighted by molar-refractivity contribution is 5.94. The molecule has 0 heterocycles. The van der Waals surface area contributed by atoms with Crippen LogP contribution in [0.2, 0.25) is 0 Å². The van der Waals surface area contributed by atoms with E-state index in [0.717, 1.165) is 0 Å². The number of benzene rings is 1. The summed E-state index contributed by atoms with van der Waals surface area (Å²) in [5.74, 6) is -0.740. The molecule has 1 atom stereocenters. The van der Waals surface area contributed by atoms with E-state index in [9.17, 15) is 9.18 Å². The van der Waals surface area contributed by atoms with Crippen molar-refractivity contribution in [1.82, 2.24) is 5.32 Å². The number of carbonyl (C=O) groups is 1. The summed E-state index contributed by atoms with van der Waals surface area (Å²) in [5.41, 5.74) is 5.85. The normalized spacial score (nSPS) is 12.0. The van der Waals surface area contributed by atoms with Crippen LogP contribution in [-0.4, -0.2) is 25.6 Å². The lowest BCUT2D eigenvalue weighted by Gasteiger charge is -2.09. The largest absolute Gasteiger partial charge is 0.494 e. The smallest absolute Gasteiger partial charge is 0.251 e. The number of hydrogen-bond acceptors (Lipinski definition) is 3. The van der Waals surface area contributed by atoms with Gasteiger partial charge in [0.1, 0.15) is 0 Å². The van der Waals surface area contributed by atoms with Crippen molar-refractivity contribution in [2.45, 2.75) is 13.0 Å². The summed E-state index contributed by atoms with van der Waals surface area (Å²) < 4.78 is 17.9. The van der Waals surface area contributed by atoms with E-state index in [2.05, 4.69) is 5.32 Å². The van der Waals surface area contributed by atoms with E-state index in [-0.39, 0.29) is 17.7 Å². The van der Waals surface area contributed by atoms with Gasteiger partial charge in [-0.2, -0.15) is 0 Å². The highest BCUT2D eigenvalue weighted by Crippen LogP contribution is 2.17. The second-order valence-corrected chi connectivity index (χ2v) is 3.54. The minimum absolute atomic E-state index is 0.0495. The molecule has 0 aromatic heterocycles. The van der Waals surface area contributed by atoms with Crippen molar-refractivity contribution < 1.29 is 13.9 Å². The lowest BCUT2D eigenvalue weighted by atomic mass is 10.2. The zero-order chi connectivity index (χ0) is 12.1. The highest BCUT2D eigenvalue weighted by atomic mass is 19.1. The standard InChI is InChI=1S/C11H15FN2O2/c1-7(13)6-14-11(15)8-3-4-9(12)10(5-8)16-2/h3-5,7H,6,13H2,1-2H3,(H,14,15). The lowest BCUT2D eigenvalue weighted by molar-refractivity contribution is 0.0951. The Kier molecular flexibility index (Phi) is 4.25. The van der Waals surface area contributed by atoms with Gasteiger partial charge in [0.25, 0.3) is 5.91 Å². The van der Waals surface area contributed by atoms with Gasteiger partial charge in [0.15, 0.2) is 11.6 Å². The second-order valence-electron chi connectivity index (χ2n) is 3.54. The van der Waals surface area contributed by atoms with Crippen LogP contribution < -0.4 is 15.8 Å². The number of amides is 1. The number of hydrogen-bond donors (Lipinski definition) is 2. The lowest BCUT2D eigenvalue weighted by Crippen LogP contribution is -2.35. The fraction of sp³-hybridized carbons (Fsp3) is 0.364. The molecule has 16 heavy (non-hydrogen) atoms. The number of nitrogens with one attached hydrogen (secondary N) is 1. The average molecular weight is 226 g/mol. The molecule has 0 aliphatic carbocycles. The van der Waals surface area contributed by atoms with E-state index in [4.69, 9.17) is 10.5 Å². The fourth-order valence-corrected chi connectivity index (χ4v) is 1.16. The van der Waals surface area contributed by atoms with E-state index in [1.165, 1.54) is 25.3 Å². The Bertz CT molecular complexity index is 380. The maximum absolute atomic E-state index is 13.1. The van der Waals surface area contributed by atoms with Crippen molar-refractivity contribution >= 4 is 5.91 Å². The van der Waals surface area contributed by atoms with Crippen LogP contribution in [0.25, 0.3) is 0 Å². The topological polar surface area (TPSA) is 64.3 Å². The third kappa shape index (κ3) is 3.20. The molecule has 1 amide bonds. The van der Waals surface area contributed by atoms with Gasteiger partial charge in [0.2, 0.25) is 0 Å². The molecule has 1 aromatic rings. The van der Waals surface area contributed by atoms with Crippen molar-refractivity contribution in [3.63, 3.8) is 0 Å². The zero-order valence-electron chi connectivity index (χ0n) is 9.29. The predicted octanol–water partition coefficient (Wildman–Crippen LogP) is 0.911. The molecular formula is C11H15FN2O2. The molecule has 0 aliphatic heterocycles. The van der Waals surface area contributed by atoms with Crippen molar-refractivity contribution in [3.05, 3.63) is 29.6 Å². The van der Waals surface area contributed by atoms with Crippen LogP contribution >= 0.6 is 0 Å². The van der Waals surface area contributed by atoms with Crippen LogP contribution in [0.3, 0.4) is 0 Å². The predicted molar refractivity (Wildman–Crippen MR) is 58.9 cm³/mol. The molecule has 0 saturated carbocycles. The van der Waals surface area contributed by atoms with E-state index in [0.29, 0.717) is 12.1 Å². The summed E-state index contributed by atoms with van der Waals surface area (Å²) in [6.07, 6.45) is 0. The molecule has 1 aromatic carbocycles. The average Bonchev–Trinajstić information content (AvgIpc) is 2.26. The maximum Gasteiger partial charge on any atom is 0.251 e. The van der Waals surface area contributed by atoms with Gasteiger partial charge in [-0.3, -0.25) is 4.79 Å². The van der Waals surface area contributed by atoms with Crippen molar-refractivity contribution in [2.75, 3.05) is 13.7 Å². The Labute approximate surface area is 93.6 Å². The number of methoxy groups -OCH3 is 1. The Morgan fingerprint density at radius 1 is 1.62 bits per heavy atom. The minimum Gasteiger partial charge on any atom is -0.494 e. The number of rotatable bonds is 4. The van der Waals surface area contributed by atoms with Gasteiger partial charge in [0, 0.05) is 18.2 Å². The van der Waals surface area contributed by atoms with Crippen molar-refractivity contribution in [3.8, 4) is 5.75 Å². The first-order valence-corrected chi connectivity index (χ1v) is 4.92. The summed E-state index contributed by atoms with van der Waals surface area (Å²) in [4.78, 5) is 11.6. The molecule has 0 radical (unpaired) electrons. The first-order valence-electron chi connectivity index (χ1n) is 4.92.